The third-order valence-corrected chi connectivity index (χ3v) is 3.68. The molecule has 19 heavy (non-hydrogen) atoms. The number of primary sulfonamides is 1. The first-order valence-electron chi connectivity index (χ1n) is 5.87. The molecule has 2 aromatic heterocycles. The Balaban J connectivity index is 2.60. The van der Waals surface area contributed by atoms with Crippen LogP contribution in [0.3, 0.4) is 0 Å². The average molecular weight is 284 g/mol. The van der Waals surface area contributed by atoms with Crippen molar-refractivity contribution in [1.29, 1.82) is 0 Å². The molecular weight excluding hydrogens is 268 g/mol. The van der Waals surface area contributed by atoms with Crippen LogP contribution in [0.2, 0.25) is 0 Å². The van der Waals surface area contributed by atoms with E-state index in [1.807, 2.05) is 19.9 Å². The predicted octanol–water partition coefficient (Wildman–Crippen LogP) is -0.0917. The van der Waals surface area contributed by atoms with Crippen LogP contribution in [0.5, 0.6) is 0 Å². The number of nitrogens with two attached hydrogens (primary N) is 1. The van der Waals surface area contributed by atoms with Crippen molar-refractivity contribution in [3.8, 4) is 11.5 Å². The van der Waals surface area contributed by atoms with E-state index >= 15 is 0 Å². The molecule has 0 saturated heterocycles. The molecule has 0 radical (unpaired) electrons. The Labute approximate surface area is 111 Å². The average Bonchev–Trinajstić information content (AvgIpc) is 2.90. The van der Waals surface area contributed by atoms with E-state index < -0.39 is 10.0 Å². The van der Waals surface area contributed by atoms with Crippen LogP contribution in [0.1, 0.15) is 19.5 Å². The van der Waals surface area contributed by atoms with Gasteiger partial charge in [0.1, 0.15) is 5.69 Å². The molecule has 0 aliphatic heterocycles. The molecule has 0 aromatic carbocycles. The van der Waals surface area contributed by atoms with E-state index in [-0.39, 0.29) is 5.16 Å². The molecule has 2 aromatic rings. The molecule has 2 rings (SSSR count). The Hall–Kier alpha value is -1.74. The van der Waals surface area contributed by atoms with Gasteiger partial charge in [-0.15, -0.1) is 10.2 Å². The predicted molar refractivity (Wildman–Crippen MR) is 68.6 cm³/mol. The molecule has 8 nitrogen and oxygen atoms in total. The summed E-state index contributed by atoms with van der Waals surface area (Å²) < 4.78 is 25.8. The van der Waals surface area contributed by atoms with Gasteiger partial charge in [-0.3, -0.25) is 9.25 Å². The maximum Gasteiger partial charge on any atom is 0.273 e. The van der Waals surface area contributed by atoms with Crippen LogP contribution >= 0.6 is 0 Å². The number of sulfonamides is 1. The molecule has 104 valence electrons. The number of hydrogen-bond acceptors (Lipinski definition) is 5. The number of aromatic nitrogens is 5. The highest BCUT2D eigenvalue weighted by Gasteiger charge is 2.21. The van der Waals surface area contributed by atoms with Crippen molar-refractivity contribution >= 4 is 10.0 Å². The minimum atomic E-state index is -3.88. The first-order valence-corrected chi connectivity index (χ1v) is 7.42. The molecule has 0 aliphatic rings. The Bertz CT molecular complexity index is 700. The van der Waals surface area contributed by atoms with Crippen LogP contribution in [0.4, 0.5) is 0 Å². The third kappa shape index (κ3) is 2.38. The summed E-state index contributed by atoms with van der Waals surface area (Å²) >= 11 is 0. The molecule has 2 heterocycles. The van der Waals surface area contributed by atoms with E-state index in [2.05, 4.69) is 15.3 Å². The minimum Gasteiger partial charge on any atom is -0.299 e. The Kier molecular flexibility index (Phi) is 3.42. The van der Waals surface area contributed by atoms with Crippen LogP contribution < -0.4 is 5.14 Å². The number of rotatable bonds is 4. The van der Waals surface area contributed by atoms with Crippen molar-refractivity contribution in [2.75, 3.05) is 0 Å². The summed E-state index contributed by atoms with van der Waals surface area (Å²) in [6, 6.07) is 1.88. The van der Waals surface area contributed by atoms with E-state index in [0.717, 1.165) is 17.8 Å². The summed E-state index contributed by atoms with van der Waals surface area (Å²) in [5.41, 5.74) is 1.64. The van der Waals surface area contributed by atoms with E-state index in [0.29, 0.717) is 12.4 Å². The highest BCUT2D eigenvalue weighted by molar-refractivity contribution is 7.89. The SMILES string of the molecule is CCc1cc(-c2nnc(S(N)(=O)=O)n2C)n(CC)n1. The minimum absolute atomic E-state index is 0.260. The van der Waals surface area contributed by atoms with Gasteiger partial charge in [-0.25, -0.2) is 13.6 Å². The van der Waals surface area contributed by atoms with Crippen LogP contribution in [-0.4, -0.2) is 33.0 Å². The van der Waals surface area contributed by atoms with E-state index in [9.17, 15) is 8.42 Å². The second-order valence-electron chi connectivity index (χ2n) is 4.10. The van der Waals surface area contributed by atoms with Gasteiger partial charge in [0.15, 0.2) is 5.82 Å². The van der Waals surface area contributed by atoms with Gasteiger partial charge in [0.2, 0.25) is 0 Å². The van der Waals surface area contributed by atoms with Crippen LogP contribution in [0.15, 0.2) is 11.2 Å². The van der Waals surface area contributed by atoms with Crippen LogP contribution in [0, 0.1) is 0 Å². The molecule has 0 saturated carbocycles. The number of aryl methyl sites for hydroxylation is 2. The topological polar surface area (TPSA) is 109 Å². The first kappa shape index (κ1) is 13.7. The Morgan fingerprint density at radius 3 is 2.47 bits per heavy atom. The zero-order chi connectivity index (χ0) is 14.2. The van der Waals surface area contributed by atoms with Crippen molar-refractivity contribution in [3.63, 3.8) is 0 Å². The van der Waals surface area contributed by atoms with Gasteiger partial charge in [0.25, 0.3) is 15.2 Å². The lowest BCUT2D eigenvalue weighted by atomic mass is 10.3. The number of nitrogens with zero attached hydrogens (tertiary/aromatic N) is 5. The first-order chi connectivity index (χ1) is 8.88. The summed E-state index contributed by atoms with van der Waals surface area (Å²) in [6.45, 7) is 4.61. The Morgan fingerprint density at radius 1 is 1.32 bits per heavy atom. The zero-order valence-corrected chi connectivity index (χ0v) is 11.8. The van der Waals surface area contributed by atoms with Gasteiger partial charge in [0, 0.05) is 13.6 Å². The summed E-state index contributed by atoms with van der Waals surface area (Å²) in [7, 11) is -2.32. The molecule has 9 heteroatoms. The standard InChI is InChI=1S/C10H16N6O2S/c1-4-7-6-8(16(5-2)14-7)9-12-13-10(15(9)3)19(11,17)18/h6H,4-5H2,1-3H3,(H2,11,17,18). The second-order valence-corrected chi connectivity index (χ2v) is 5.56. The fourth-order valence-corrected chi connectivity index (χ4v) is 2.47. The monoisotopic (exact) mass is 284 g/mol. The van der Waals surface area contributed by atoms with Crippen molar-refractivity contribution < 1.29 is 8.42 Å². The number of hydrogen-bond donors (Lipinski definition) is 1. The highest BCUT2D eigenvalue weighted by Crippen LogP contribution is 2.20. The summed E-state index contributed by atoms with van der Waals surface area (Å²) in [4.78, 5) is 0. The van der Waals surface area contributed by atoms with Gasteiger partial charge in [-0.2, -0.15) is 5.10 Å². The molecular formula is C10H16N6O2S. The van der Waals surface area contributed by atoms with E-state index in [1.165, 1.54) is 4.57 Å². The largest absolute Gasteiger partial charge is 0.299 e. The van der Waals surface area contributed by atoms with Gasteiger partial charge in [-0.05, 0) is 19.4 Å². The molecule has 0 aliphatic carbocycles. The lowest BCUT2D eigenvalue weighted by Gasteiger charge is -2.04. The second kappa shape index (κ2) is 4.74. The van der Waals surface area contributed by atoms with Gasteiger partial charge < -0.3 is 0 Å². The van der Waals surface area contributed by atoms with Crippen molar-refractivity contribution in [2.24, 2.45) is 12.2 Å². The fraction of sp³-hybridized carbons (Fsp3) is 0.500. The van der Waals surface area contributed by atoms with Crippen molar-refractivity contribution in [3.05, 3.63) is 11.8 Å². The van der Waals surface area contributed by atoms with E-state index in [4.69, 9.17) is 5.14 Å². The highest BCUT2D eigenvalue weighted by atomic mass is 32.2. The maximum atomic E-state index is 11.3. The zero-order valence-electron chi connectivity index (χ0n) is 11.0. The van der Waals surface area contributed by atoms with Crippen LogP contribution in [0.25, 0.3) is 11.5 Å². The lowest BCUT2D eigenvalue weighted by Crippen LogP contribution is -2.17. The van der Waals surface area contributed by atoms with Gasteiger partial charge in [-0.1, -0.05) is 6.92 Å². The quantitative estimate of drug-likeness (QED) is 0.843. The fourth-order valence-electron chi connectivity index (χ4n) is 1.85. The summed E-state index contributed by atoms with van der Waals surface area (Å²) in [6.07, 6.45) is 0.792. The van der Waals surface area contributed by atoms with Crippen molar-refractivity contribution in [2.45, 2.75) is 32.0 Å². The normalized spacial score (nSPS) is 12.0. The lowest BCUT2D eigenvalue weighted by molar-refractivity contribution is 0.580. The van der Waals surface area contributed by atoms with Crippen LogP contribution in [-0.2, 0) is 30.0 Å². The molecule has 0 bridgehead atoms. The van der Waals surface area contributed by atoms with E-state index in [1.54, 1.807) is 11.7 Å². The Morgan fingerprint density at radius 2 is 2.00 bits per heavy atom. The molecule has 2 N–H and O–H groups in total. The molecule has 0 atom stereocenters. The van der Waals surface area contributed by atoms with Gasteiger partial charge >= 0.3 is 0 Å². The summed E-state index contributed by atoms with van der Waals surface area (Å²) in [5, 5.41) is 16.7. The molecule has 0 fully saturated rings. The van der Waals surface area contributed by atoms with Gasteiger partial charge in [0.05, 0.1) is 5.69 Å². The van der Waals surface area contributed by atoms with Crippen molar-refractivity contribution in [1.82, 2.24) is 24.5 Å². The molecule has 0 amide bonds. The third-order valence-electron chi connectivity index (χ3n) is 2.81. The maximum absolute atomic E-state index is 11.3. The summed E-state index contributed by atoms with van der Waals surface area (Å²) in [5.74, 6) is 0.429. The molecule has 0 unspecified atom stereocenters. The molecule has 0 spiro atoms. The smallest absolute Gasteiger partial charge is 0.273 e.